The summed E-state index contributed by atoms with van der Waals surface area (Å²) >= 11 is 0. The fraction of sp³-hybridized carbons (Fsp3) is 0.875. The molecule has 22 heavy (non-hydrogen) atoms. The van der Waals surface area contributed by atoms with Crippen LogP contribution in [0.5, 0.6) is 0 Å². The molecular formula is C16H30N4O2. The molecule has 1 saturated carbocycles. The first-order valence-corrected chi connectivity index (χ1v) is 8.66. The number of carbonyl (C=O) groups excluding carboxylic acids is 2. The molecule has 2 rings (SSSR count). The Morgan fingerprint density at radius 2 is 1.82 bits per heavy atom. The summed E-state index contributed by atoms with van der Waals surface area (Å²) in [5.41, 5.74) is 0. The molecule has 6 nitrogen and oxygen atoms in total. The smallest absolute Gasteiger partial charge is 0.321 e. The first-order valence-electron chi connectivity index (χ1n) is 8.66. The van der Waals surface area contributed by atoms with Gasteiger partial charge in [0.2, 0.25) is 5.91 Å². The highest BCUT2D eigenvalue weighted by Gasteiger charge is 2.21. The average molecular weight is 310 g/mol. The summed E-state index contributed by atoms with van der Waals surface area (Å²) in [6.45, 7) is 2.34. The summed E-state index contributed by atoms with van der Waals surface area (Å²) in [7, 11) is 1.97. The van der Waals surface area contributed by atoms with Gasteiger partial charge < -0.3 is 10.6 Å². The summed E-state index contributed by atoms with van der Waals surface area (Å²) in [5, 5.41) is 8.75. The molecule has 1 heterocycles. The Hall–Kier alpha value is -1.14. The van der Waals surface area contributed by atoms with E-state index < -0.39 is 0 Å². The van der Waals surface area contributed by atoms with Crippen molar-refractivity contribution in [3.63, 3.8) is 0 Å². The number of hydrogen-bond donors (Lipinski definition) is 3. The van der Waals surface area contributed by atoms with Gasteiger partial charge in [0.25, 0.3) is 0 Å². The number of hydrogen-bond acceptors (Lipinski definition) is 4. The third kappa shape index (κ3) is 5.93. The maximum Gasteiger partial charge on any atom is 0.321 e. The molecule has 1 aliphatic carbocycles. The van der Waals surface area contributed by atoms with E-state index in [4.69, 9.17) is 0 Å². The highest BCUT2D eigenvalue weighted by Crippen LogP contribution is 2.17. The van der Waals surface area contributed by atoms with Crippen molar-refractivity contribution >= 4 is 11.9 Å². The first-order chi connectivity index (χ1) is 10.6. The van der Waals surface area contributed by atoms with Gasteiger partial charge in [0.15, 0.2) is 0 Å². The molecular weight excluding hydrogens is 280 g/mol. The summed E-state index contributed by atoms with van der Waals surface area (Å²) in [6.07, 6.45) is 8.92. The number of amides is 3. The lowest BCUT2D eigenvalue weighted by Gasteiger charge is -2.26. The van der Waals surface area contributed by atoms with Crippen LogP contribution in [0.2, 0.25) is 0 Å². The highest BCUT2D eigenvalue weighted by atomic mass is 16.2. The van der Waals surface area contributed by atoms with Gasteiger partial charge in [0, 0.05) is 12.1 Å². The minimum atomic E-state index is -0.340. The second-order valence-electron chi connectivity index (χ2n) is 6.61. The third-order valence-electron chi connectivity index (χ3n) is 4.75. The fourth-order valence-corrected chi connectivity index (χ4v) is 3.43. The minimum Gasteiger partial charge on any atom is -0.335 e. The van der Waals surface area contributed by atoms with E-state index in [0.717, 1.165) is 58.0 Å². The van der Waals surface area contributed by atoms with E-state index in [1.54, 1.807) is 0 Å². The molecule has 0 radical (unpaired) electrons. The standard InChI is InChI=1S/C16H30N4O2/c1-20(14-8-5-10-17-11-9-14)12-15(21)19-16(22)18-13-6-3-2-4-7-13/h13-14,17H,2-12H2,1H3,(H2,18,19,21,22). The largest absolute Gasteiger partial charge is 0.335 e. The molecule has 6 heteroatoms. The SMILES string of the molecule is CN(CC(=O)NC(=O)NC1CCCCC1)C1CCCNCC1. The molecule has 2 fully saturated rings. The average Bonchev–Trinajstić information content (AvgIpc) is 2.77. The van der Waals surface area contributed by atoms with Crippen molar-refractivity contribution in [1.29, 1.82) is 0 Å². The van der Waals surface area contributed by atoms with Crippen LogP contribution in [-0.4, -0.2) is 55.6 Å². The topological polar surface area (TPSA) is 73.5 Å². The van der Waals surface area contributed by atoms with Gasteiger partial charge in [-0.3, -0.25) is 15.0 Å². The summed E-state index contributed by atoms with van der Waals surface area (Å²) in [5.74, 6) is -0.215. The van der Waals surface area contributed by atoms with Gasteiger partial charge in [-0.05, 0) is 52.2 Å². The molecule has 1 aliphatic heterocycles. The molecule has 1 unspecified atom stereocenters. The lowest BCUT2D eigenvalue weighted by Crippen LogP contribution is -2.48. The predicted octanol–water partition coefficient (Wildman–Crippen LogP) is 1.22. The zero-order valence-corrected chi connectivity index (χ0v) is 13.7. The van der Waals surface area contributed by atoms with Gasteiger partial charge in [-0.2, -0.15) is 0 Å². The monoisotopic (exact) mass is 310 g/mol. The van der Waals surface area contributed by atoms with Gasteiger partial charge in [0.1, 0.15) is 0 Å². The number of nitrogens with one attached hydrogen (secondary N) is 3. The molecule has 0 aromatic carbocycles. The van der Waals surface area contributed by atoms with Crippen molar-refractivity contribution in [2.45, 2.75) is 63.5 Å². The van der Waals surface area contributed by atoms with E-state index >= 15 is 0 Å². The molecule has 126 valence electrons. The lowest BCUT2D eigenvalue weighted by atomic mass is 9.96. The summed E-state index contributed by atoms with van der Waals surface area (Å²) < 4.78 is 0. The van der Waals surface area contributed by atoms with Crippen LogP contribution >= 0.6 is 0 Å². The molecule has 3 amide bonds. The molecule has 0 spiro atoms. The Kier molecular flexibility index (Phi) is 7.12. The zero-order chi connectivity index (χ0) is 15.8. The Labute approximate surface area is 133 Å². The van der Waals surface area contributed by atoms with Crippen molar-refractivity contribution in [3.05, 3.63) is 0 Å². The van der Waals surface area contributed by atoms with Gasteiger partial charge >= 0.3 is 6.03 Å². The van der Waals surface area contributed by atoms with E-state index in [0.29, 0.717) is 6.04 Å². The van der Waals surface area contributed by atoms with Crippen LogP contribution < -0.4 is 16.0 Å². The van der Waals surface area contributed by atoms with Crippen LogP contribution in [0.4, 0.5) is 4.79 Å². The van der Waals surface area contributed by atoms with Gasteiger partial charge in [-0.15, -0.1) is 0 Å². The second kappa shape index (κ2) is 9.10. The summed E-state index contributed by atoms with van der Waals surface area (Å²) in [4.78, 5) is 25.9. The third-order valence-corrected chi connectivity index (χ3v) is 4.75. The molecule has 1 atom stereocenters. The minimum absolute atomic E-state index is 0.215. The number of likely N-dealkylation sites (N-methyl/N-ethyl adjacent to an activating group) is 1. The molecule has 0 aromatic heterocycles. The van der Waals surface area contributed by atoms with Gasteiger partial charge in [0.05, 0.1) is 6.54 Å². The molecule has 1 saturated heterocycles. The maximum atomic E-state index is 12.0. The number of rotatable bonds is 4. The van der Waals surface area contributed by atoms with E-state index in [1.807, 2.05) is 7.05 Å². The number of nitrogens with zero attached hydrogens (tertiary/aromatic N) is 1. The number of imide groups is 1. The maximum absolute atomic E-state index is 12.0. The molecule has 0 bridgehead atoms. The van der Waals surface area contributed by atoms with E-state index in [9.17, 15) is 9.59 Å². The Bertz CT molecular complexity index is 361. The molecule has 2 aliphatic rings. The van der Waals surface area contributed by atoms with E-state index in [1.165, 1.54) is 6.42 Å². The fourth-order valence-electron chi connectivity index (χ4n) is 3.43. The van der Waals surface area contributed by atoms with Crippen molar-refractivity contribution < 1.29 is 9.59 Å². The van der Waals surface area contributed by atoms with Crippen LogP contribution in [-0.2, 0) is 4.79 Å². The number of urea groups is 1. The summed E-state index contributed by atoms with van der Waals surface area (Å²) in [6, 6.07) is 0.308. The Balaban J connectivity index is 1.68. The highest BCUT2D eigenvalue weighted by molar-refractivity contribution is 5.95. The Morgan fingerprint density at radius 1 is 1.05 bits per heavy atom. The van der Waals surface area contributed by atoms with Crippen LogP contribution in [0.3, 0.4) is 0 Å². The van der Waals surface area contributed by atoms with E-state index in [-0.39, 0.29) is 24.5 Å². The van der Waals surface area contributed by atoms with Crippen molar-refractivity contribution in [3.8, 4) is 0 Å². The quantitative estimate of drug-likeness (QED) is 0.730. The zero-order valence-electron chi connectivity index (χ0n) is 13.7. The lowest BCUT2D eigenvalue weighted by molar-refractivity contribution is -0.121. The van der Waals surface area contributed by atoms with Crippen molar-refractivity contribution in [2.75, 3.05) is 26.7 Å². The molecule has 0 aromatic rings. The Morgan fingerprint density at radius 3 is 2.59 bits per heavy atom. The first kappa shape index (κ1) is 17.2. The van der Waals surface area contributed by atoms with Gasteiger partial charge in [-0.25, -0.2) is 4.79 Å². The number of carbonyl (C=O) groups is 2. The van der Waals surface area contributed by atoms with Crippen LogP contribution in [0, 0.1) is 0 Å². The second-order valence-corrected chi connectivity index (χ2v) is 6.61. The normalized spacial score (nSPS) is 23.8. The van der Waals surface area contributed by atoms with Crippen LogP contribution in [0.15, 0.2) is 0 Å². The van der Waals surface area contributed by atoms with Crippen molar-refractivity contribution in [1.82, 2.24) is 20.9 Å². The van der Waals surface area contributed by atoms with Crippen LogP contribution in [0.25, 0.3) is 0 Å². The van der Waals surface area contributed by atoms with Gasteiger partial charge in [-0.1, -0.05) is 19.3 Å². The predicted molar refractivity (Wildman–Crippen MR) is 86.7 cm³/mol. The van der Waals surface area contributed by atoms with Crippen LogP contribution in [0.1, 0.15) is 51.4 Å². The van der Waals surface area contributed by atoms with Crippen molar-refractivity contribution in [2.24, 2.45) is 0 Å². The van der Waals surface area contributed by atoms with E-state index in [2.05, 4.69) is 20.9 Å². The molecule has 3 N–H and O–H groups in total.